The van der Waals surface area contributed by atoms with E-state index in [1.807, 2.05) is 0 Å². The minimum atomic E-state index is 0.814. The quantitative estimate of drug-likeness (QED) is 0.632. The van der Waals surface area contributed by atoms with Gasteiger partial charge in [0, 0.05) is 11.9 Å². The molecule has 1 heterocycles. The summed E-state index contributed by atoms with van der Waals surface area (Å²) in [5, 5.41) is 0. The highest BCUT2D eigenvalue weighted by atomic mass is 14.7. The van der Waals surface area contributed by atoms with Crippen LogP contribution in [0.25, 0.3) is 0 Å². The smallest absolute Gasteiger partial charge is 0.0211 e. The van der Waals surface area contributed by atoms with Gasteiger partial charge in [0.2, 0.25) is 0 Å². The van der Waals surface area contributed by atoms with Gasteiger partial charge in [0.1, 0.15) is 0 Å². The first-order valence-corrected chi connectivity index (χ1v) is 4.58. The molecular weight excluding hydrogens is 134 g/mol. The Balaban J connectivity index is 2.32. The molecule has 1 unspecified atom stereocenters. The van der Waals surface area contributed by atoms with Gasteiger partial charge < -0.3 is 4.98 Å². The summed E-state index contributed by atoms with van der Waals surface area (Å²) >= 11 is 0. The van der Waals surface area contributed by atoms with E-state index >= 15 is 0 Å². The van der Waals surface area contributed by atoms with Crippen molar-refractivity contribution in [3.05, 3.63) is 23.5 Å². The van der Waals surface area contributed by atoms with E-state index in [9.17, 15) is 0 Å². The van der Waals surface area contributed by atoms with Crippen LogP contribution in [0.2, 0.25) is 0 Å². The van der Waals surface area contributed by atoms with Crippen LogP contribution in [0.5, 0.6) is 0 Å². The molecule has 1 aromatic heterocycles. The summed E-state index contributed by atoms with van der Waals surface area (Å²) in [5.74, 6) is 0.814. The first-order chi connectivity index (χ1) is 5.42. The third-order valence-corrected chi connectivity index (χ3v) is 2.77. The Morgan fingerprint density at radius 3 is 3.36 bits per heavy atom. The molecule has 0 amide bonds. The standard InChI is InChI=1S/C10H15N/c1-2-8-4-3-5-9-6-7-11-10(8)9/h6-8,11H,2-5H2,1H3. The Morgan fingerprint density at radius 1 is 1.64 bits per heavy atom. The van der Waals surface area contributed by atoms with Crippen LogP contribution in [0, 0.1) is 0 Å². The van der Waals surface area contributed by atoms with Gasteiger partial charge in [-0.15, -0.1) is 0 Å². The number of aryl methyl sites for hydroxylation is 1. The molecule has 11 heavy (non-hydrogen) atoms. The highest BCUT2D eigenvalue weighted by Gasteiger charge is 2.18. The fraction of sp³-hybridized carbons (Fsp3) is 0.600. The SMILES string of the molecule is CCC1CCCc2cc[nH]c21. The molecule has 2 rings (SSSR count). The Morgan fingerprint density at radius 2 is 2.55 bits per heavy atom. The molecule has 0 saturated carbocycles. The predicted molar refractivity (Wildman–Crippen MR) is 46.8 cm³/mol. The molecule has 1 aliphatic rings. The van der Waals surface area contributed by atoms with E-state index in [0.717, 1.165) is 5.92 Å². The molecule has 0 bridgehead atoms. The second-order valence-corrected chi connectivity index (χ2v) is 3.41. The average molecular weight is 149 g/mol. The zero-order valence-corrected chi connectivity index (χ0v) is 7.06. The molecule has 0 radical (unpaired) electrons. The summed E-state index contributed by atoms with van der Waals surface area (Å²) in [4.78, 5) is 3.36. The number of aromatic amines is 1. The Bertz CT molecular complexity index is 237. The molecule has 0 aliphatic heterocycles. The lowest BCUT2D eigenvalue weighted by atomic mass is 9.86. The predicted octanol–water partition coefficient (Wildman–Crippen LogP) is 2.84. The van der Waals surface area contributed by atoms with Crippen LogP contribution in [0.3, 0.4) is 0 Å². The van der Waals surface area contributed by atoms with Crippen molar-refractivity contribution in [1.82, 2.24) is 4.98 Å². The first-order valence-electron chi connectivity index (χ1n) is 4.58. The van der Waals surface area contributed by atoms with E-state index in [2.05, 4.69) is 24.2 Å². The largest absolute Gasteiger partial charge is 0.365 e. The Labute approximate surface area is 67.8 Å². The third-order valence-electron chi connectivity index (χ3n) is 2.77. The van der Waals surface area contributed by atoms with Gasteiger partial charge >= 0.3 is 0 Å². The van der Waals surface area contributed by atoms with Gasteiger partial charge in [-0.2, -0.15) is 0 Å². The molecule has 1 heteroatoms. The van der Waals surface area contributed by atoms with E-state index in [0.29, 0.717) is 0 Å². The van der Waals surface area contributed by atoms with Gasteiger partial charge in [-0.3, -0.25) is 0 Å². The third kappa shape index (κ3) is 1.09. The molecule has 1 aromatic rings. The molecule has 60 valence electrons. The number of nitrogens with one attached hydrogen (secondary N) is 1. The summed E-state index contributed by atoms with van der Waals surface area (Å²) in [6.07, 6.45) is 7.41. The number of hydrogen-bond acceptors (Lipinski definition) is 0. The molecule has 0 aromatic carbocycles. The van der Waals surface area contributed by atoms with Gasteiger partial charge in [0.25, 0.3) is 0 Å². The minimum Gasteiger partial charge on any atom is -0.365 e. The van der Waals surface area contributed by atoms with Gasteiger partial charge in [-0.25, -0.2) is 0 Å². The summed E-state index contributed by atoms with van der Waals surface area (Å²) < 4.78 is 0. The zero-order chi connectivity index (χ0) is 7.68. The maximum atomic E-state index is 3.36. The van der Waals surface area contributed by atoms with Crippen LogP contribution in [0.4, 0.5) is 0 Å². The van der Waals surface area contributed by atoms with Crippen molar-refractivity contribution in [1.29, 1.82) is 0 Å². The molecule has 1 aliphatic carbocycles. The van der Waals surface area contributed by atoms with Crippen LogP contribution in [0.15, 0.2) is 12.3 Å². The van der Waals surface area contributed by atoms with Crippen molar-refractivity contribution in [2.24, 2.45) is 0 Å². The number of rotatable bonds is 1. The normalized spacial score (nSPS) is 23.2. The average Bonchev–Trinajstić information content (AvgIpc) is 2.50. The van der Waals surface area contributed by atoms with Gasteiger partial charge in [-0.1, -0.05) is 6.92 Å². The minimum absolute atomic E-state index is 0.814. The highest BCUT2D eigenvalue weighted by Crippen LogP contribution is 2.32. The van der Waals surface area contributed by atoms with Crippen LogP contribution in [0.1, 0.15) is 43.4 Å². The molecule has 0 fully saturated rings. The molecule has 1 N–H and O–H groups in total. The van der Waals surface area contributed by atoms with Gasteiger partial charge in [0.15, 0.2) is 0 Å². The van der Waals surface area contributed by atoms with E-state index in [4.69, 9.17) is 0 Å². The topological polar surface area (TPSA) is 15.8 Å². The molecular formula is C10H15N. The molecule has 0 spiro atoms. The number of fused-ring (bicyclic) bond motifs is 1. The van der Waals surface area contributed by atoms with Crippen LogP contribution in [-0.4, -0.2) is 4.98 Å². The van der Waals surface area contributed by atoms with E-state index in [1.54, 1.807) is 5.56 Å². The monoisotopic (exact) mass is 149 g/mol. The molecule has 1 nitrogen and oxygen atoms in total. The summed E-state index contributed by atoms with van der Waals surface area (Å²) in [6.45, 7) is 2.28. The van der Waals surface area contributed by atoms with Crippen LogP contribution < -0.4 is 0 Å². The number of H-pyrrole nitrogens is 1. The lowest BCUT2D eigenvalue weighted by molar-refractivity contribution is 0.530. The number of hydrogen-bond donors (Lipinski definition) is 1. The van der Waals surface area contributed by atoms with Gasteiger partial charge in [-0.05, 0) is 43.2 Å². The van der Waals surface area contributed by atoms with Crippen molar-refractivity contribution >= 4 is 0 Å². The summed E-state index contributed by atoms with van der Waals surface area (Å²) in [5.41, 5.74) is 3.07. The summed E-state index contributed by atoms with van der Waals surface area (Å²) in [7, 11) is 0. The second kappa shape index (κ2) is 2.72. The van der Waals surface area contributed by atoms with Crippen LogP contribution in [-0.2, 0) is 6.42 Å². The van der Waals surface area contributed by atoms with E-state index in [1.165, 1.54) is 31.4 Å². The second-order valence-electron chi connectivity index (χ2n) is 3.41. The lowest BCUT2D eigenvalue weighted by Crippen LogP contribution is -2.07. The van der Waals surface area contributed by atoms with E-state index < -0.39 is 0 Å². The van der Waals surface area contributed by atoms with Crippen molar-refractivity contribution < 1.29 is 0 Å². The van der Waals surface area contributed by atoms with Crippen molar-refractivity contribution in [3.63, 3.8) is 0 Å². The Kier molecular flexibility index (Phi) is 1.72. The summed E-state index contributed by atoms with van der Waals surface area (Å²) in [6, 6.07) is 2.23. The first kappa shape index (κ1) is 6.96. The van der Waals surface area contributed by atoms with Crippen LogP contribution >= 0.6 is 0 Å². The Hall–Kier alpha value is -0.720. The highest BCUT2D eigenvalue weighted by molar-refractivity contribution is 5.26. The maximum absolute atomic E-state index is 3.36. The zero-order valence-electron chi connectivity index (χ0n) is 7.06. The van der Waals surface area contributed by atoms with Crippen molar-refractivity contribution in [3.8, 4) is 0 Å². The van der Waals surface area contributed by atoms with Crippen molar-refractivity contribution in [2.45, 2.75) is 38.5 Å². The molecule has 1 atom stereocenters. The maximum Gasteiger partial charge on any atom is 0.0211 e. The lowest BCUT2D eigenvalue weighted by Gasteiger charge is -2.20. The van der Waals surface area contributed by atoms with Gasteiger partial charge in [0.05, 0.1) is 0 Å². The fourth-order valence-electron chi connectivity index (χ4n) is 2.10. The van der Waals surface area contributed by atoms with Crippen molar-refractivity contribution in [2.75, 3.05) is 0 Å². The number of aromatic nitrogens is 1. The van der Waals surface area contributed by atoms with E-state index in [-0.39, 0.29) is 0 Å². The molecule has 0 saturated heterocycles. The fourth-order valence-corrected chi connectivity index (χ4v) is 2.10.